The van der Waals surface area contributed by atoms with Crippen molar-refractivity contribution < 1.29 is 27.5 Å². The van der Waals surface area contributed by atoms with Crippen molar-refractivity contribution in [2.24, 2.45) is 0 Å². The SMILES string of the molecule is O=C(O)c1cc(S(=O)(=O)Nc2nc3c(s2)C(=O)NCCC3)ccc1F. The van der Waals surface area contributed by atoms with Gasteiger partial charge in [-0.15, -0.1) is 0 Å². The van der Waals surface area contributed by atoms with E-state index in [1.165, 1.54) is 0 Å². The van der Waals surface area contributed by atoms with Gasteiger partial charge in [-0.25, -0.2) is 22.6 Å². The van der Waals surface area contributed by atoms with Crippen LogP contribution in [0.2, 0.25) is 0 Å². The lowest BCUT2D eigenvalue weighted by atomic mass is 10.2. The Labute approximate surface area is 145 Å². The molecule has 0 bridgehead atoms. The maximum atomic E-state index is 13.4. The number of carbonyl (C=O) groups is 2. The van der Waals surface area contributed by atoms with Crippen LogP contribution in [-0.4, -0.2) is 36.9 Å². The molecule has 1 amide bonds. The van der Waals surface area contributed by atoms with E-state index in [0.717, 1.165) is 29.5 Å². The number of carboxylic acid groups (broad SMARTS) is 1. The summed E-state index contributed by atoms with van der Waals surface area (Å²) < 4.78 is 40.4. The fourth-order valence-corrected chi connectivity index (χ4v) is 4.48. The third-order valence-corrected chi connectivity index (χ3v) is 5.96. The van der Waals surface area contributed by atoms with Crippen LogP contribution in [0.4, 0.5) is 9.52 Å². The number of sulfonamides is 1. The van der Waals surface area contributed by atoms with Crippen molar-refractivity contribution in [1.82, 2.24) is 10.3 Å². The van der Waals surface area contributed by atoms with Crippen molar-refractivity contribution in [3.8, 4) is 0 Å². The first-order chi connectivity index (χ1) is 11.8. The second-order valence-corrected chi connectivity index (χ2v) is 7.89. The number of benzene rings is 1. The lowest BCUT2D eigenvalue weighted by Gasteiger charge is -2.06. The smallest absolute Gasteiger partial charge is 0.338 e. The zero-order chi connectivity index (χ0) is 18.2. The van der Waals surface area contributed by atoms with Crippen LogP contribution in [0.15, 0.2) is 23.1 Å². The van der Waals surface area contributed by atoms with Crippen LogP contribution in [0.3, 0.4) is 0 Å². The molecule has 0 saturated carbocycles. The van der Waals surface area contributed by atoms with E-state index in [1.807, 2.05) is 0 Å². The molecule has 3 rings (SSSR count). The Kier molecular flexibility index (Phi) is 4.43. The average Bonchev–Trinajstić information content (AvgIpc) is 2.85. The molecule has 0 saturated heterocycles. The number of carboxylic acids is 1. The predicted molar refractivity (Wildman–Crippen MR) is 86.9 cm³/mol. The van der Waals surface area contributed by atoms with Crippen molar-refractivity contribution in [3.63, 3.8) is 0 Å². The fourth-order valence-electron chi connectivity index (χ4n) is 2.29. The zero-order valence-electron chi connectivity index (χ0n) is 12.6. The largest absolute Gasteiger partial charge is 0.478 e. The number of rotatable bonds is 4. The normalized spacial score (nSPS) is 14.4. The molecule has 11 heteroatoms. The van der Waals surface area contributed by atoms with Gasteiger partial charge in [0, 0.05) is 6.54 Å². The predicted octanol–water partition coefficient (Wildman–Crippen LogP) is 1.46. The lowest BCUT2D eigenvalue weighted by molar-refractivity contribution is 0.0691. The number of carbonyl (C=O) groups excluding carboxylic acids is 1. The van der Waals surface area contributed by atoms with Gasteiger partial charge in [0.2, 0.25) is 0 Å². The third-order valence-electron chi connectivity index (χ3n) is 3.48. The van der Waals surface area contributed by atoms with Crippen LogP contribution in [0.5, 0.6) is 0 Å². The lowest BCUT2D eigenvalue weighted by Crippen LogP contribution is -2.21. The summed E-state index contributed by atoms with van der Waals surface area (Å²) in [6.45, 7) is 0.524. The minimum Gasteiger partial charge on any atom is -0.478 e. The zero-order valence-corrected chi connectivity index (χ0v) is 14.2. The first-order valence-electron chi connectivity index (χ1n) is 7.11. The Bertz CT molecular complexity index is 971. The molecule has 1 aromatic heterocycles. The van der Waals surface area contributed by atoms with E-state index in [1.54, 1.807) is 0 Å². The van der Waals surface area contributed by atoms with Crippen LogP contribution >= 0.6 is 11.3 Å². The van der Waals surface area contributed by atoms with Gasteiger partial charge < -0.3 is 10.4 Å². The number of amides is 1. The average molecular weight is 385 g/mol. The Hall–Kier alpha value is -2.53. The minimum atomic E-state index is -4.18. The second kappa shape index (κ2) is 6.41. The van der Waals surface area contributed by atoms with E-state index >= 15 is 0 Å². The van der Waals surface area contributed by atoms with Crippen LogP contribution in [0, 0.1) is 5.82 Å². The van der Waals surface area contributed by atoms with Crippen molar-refractivity contribution in [2.75, 3.05) is 11.3 Å². The van der Waals surface area contributed by atoms with E-state index in [2.05, 4.69) is 15.0 Å². The number of fused-ring (bicyclic) bond motifs is 1. The van der Waals surface area contributed by atoms with Crippen LogP contribution in [0.1, 0.15) is 32.1 Å². The molecule has 1 aliphatic rings. The first-order valence-corrected chi connectivity index (χ1v) is 9.41. The number of thiazole rings is 1. The van der Waals surface area contributed by atoms with E-state index < -0.39 is 32.3 Å². The molecular weight excluding hydrogens is 373 g/mol. The van der Waals surface area contributed by atoms with Crippen LogP contribution in [-0.2, 0) is 16.4 Å². The number of anilines is 1. The van der Waals surface area contributed by atoms with Crippen LogP contribution in [0.25, 0.3) is 0 Å². The Morgan fingerprint density at radius 1 is 1.40 bits per heavy atom. The van der Waals surface area contributed by atoms with Gasteiger partial charge >= 0.3 is 5.97 Å². The topological polar surface area (TPSA) is 125 Å². The third kappa shape index (κ3) is 3.46. The van der Waals surface area contributed by atoms with E-state index in [4.69, 9.17) is 5.11 Å². The quantitative estimate of drug-likeness (QED) is 0.732. The number of nitrogens with one attached hydrogen (secondary N) is 2. The fraction of sp³-hybridized carbons (Fsp3) is 0.214. The Morgan fingerprint density at radius 3 is 2.88 bits per heavy atom. The van der Waals surface area contributed by atoms with Crippen molar-refractivity contribution >= 4 is 38.4 Å². The number of aromatic carboxylic acids is 1. The molecule has 2 heterocycles. The molecular formula is C14H12FN3O5S2. The first kappa shape index (κ1) is 17.3. The summed E-state index contributed by atoms with van der Waals surface area (Å²) in [4.78, 5) is 26.9. The molecule has 132 valence electrons. The molecule has 0 atom stereocenters. The molecule has 0 radical (unpaired) electrons. The highest BCUT2D eigenvalue weighted by molar-refractivity contribution is 7.93. The van der Waals surface area contributed by atoms with E-state index in [-0.39, 0.29) is 11.0 Å². The minimum absolute atomic E-state index is 0.0109. The molecule has 1 aliphatic heterocycles. The molecule has 8 nitrogen and oxygen atoms in total. The summed E-state index contributed by atoms with van der Waals surface area (Å²) >= 11 is 0.888. The van der Waals surface area contributed by atoms with Gasteiger partial charge in [-0.05, 0) is 31.0 Å². The standard InChI is InChI=1S/C14H12FN3O5S2/c15-9-4-3-7(6-8(9)13(20)21)25(22,23)18-14-17-10-2-1-5-16-12(19)11(10)24-14/h3-4,6H,1-2,5H2,(H,16,19)(H,17,18)(H,20,21). The molecule has 0 spiro atoms. The van der Waals surface area contributed by atoms with Crippen molar-refractivity contribution in [3.05, 3.63) is 40.2 Å². The monoisotopic (exact) mass is 385 g/mol. The summed E-state index contributed by atoms with van der Waals surface area (Å²) in [6.07, 6.45) is 1.22. The number of hydrogen-bond donors (Lipinski definition) is 3. The van der Waals surface area contributed by atoms with E-state index in [9.17, 15) is 22.4 Å². The number of aryl methyl sites for hydroxylation is 1. The summed E-state index contributed by atoms with van der Waals surface area (Å²) in [6, 6.07) is 2.45. The maximum absolute atomic E-state index is 13.4. The van der Waals surface area contributed by atoms with E-state index in [0.29, 0.717) is 30.0 Å². The molecule has 0 aliphatic carbocycles. The molecule has 0 fully saturated rings. The highest BCUT2D eigenvalue weighted by Crippen LogP contribution is 2.28. The van der Waals surface area contributed by atoms with Gasteiger partial charge in [-0.1, -0.05) is 11.3 Å². The highest BCUT2D eigenvalue weighted by atomic mass is 32.2. The summed E-state index contributed by atoms with van der Waals surface area (Å²) in [5.74, 6) is -2.93. The van der Waals surface area contributed by atoms with Crippen LogP contribution < -0.4 is 10.0 Å². The molecule has 1 aromatic carbocycles. The van der Waals surface area contributed by atoms with Crippen molar-refractivity contribution in [2.45, 2.75) is 17.7 Å². The Balaban J connectivity index is 1.92. The van der Waals surface area contributed by atoms with Crippen molar-refractivity contribution in [1.29, 1.82) is 0 Å². The number of nitrogens with zero attached hydrogens (tertiary/aromatic N) is 1. The van der Waals surface area contributed by atoms with Gasteiger partial charge in [0.25, 0.3) is 15.9 Å². The Morgan fingerprint density at radius 2 is 2.16 bits per heavy atom. The van der Waals surface area contributed by atoms with Gasteiger partial charge in [-0.3, -0.25) is 9.52 Å². The van der Waals surface area contributed by atoms with Gasteiger partial charge in [-0.2, -0.15) is 0 Å². The second-order valence-electron chi connectivity index (χ2n) is 5.21. The molecule has 3 N–H and O–H groups in total. The molecule has 0 unspecified atom stereocenters. The van der Waals surface area contributed by atoms with Gasteiger partial charge in [0.05, 0.1) is 16.2 Å². The highest BCUT2D eigenvalue weighted by Gasteiger charge is 2.24. The number of hydrogen-bond acceptors (Lipinski definition) is 6. The maximum Gasteiger partial charge on any atom is 0.338 e. The number of halogens is 1. The summed E-state index contributed by atoms with van der Waals surface area (Å²) in [5.41, 5.74) is -0.250. The van der Waals surface area contributed by atoms with Gasteiger partial charge in [0.15, 0.2) is 5.13 Å². The molecule has 2 aromatic rings. The molecule has 25 heavy (non-hydrogen) atoms. The van der Waals surface area contributed by atoms with Gasteiger partial charge in [0.1, 0.15) is 10.7 Å². The number of aromatic nitrogens is 1. The summed E-state index contributed by atoms with van der Waals surface area (Å²) in [7, 11) is -4.18. The summed E-state index contributed by atoms with van der Waals surface area (Å²) in [5, 5.41) is 11.6.